The molecular formula is C17H24F3N3O. The Morgan fingerprint density at radius 3 is 2.67 bits per heavy atom. The summed E-state index contributed by atoms with van der Waals surface area (Å²) in [5.74, 6) is -0.185. The quantitative estimate of drug-likeness (QED) is 0.796. The van der Waals surface area contributed by atoms with E-state index in [0.717, 1.165) is 24.9 Å². The standard InChI is InChI=1S/C17H24F3N3O/c1-2-22(12-8-17(18,19)20)16(24)15-5-3-4-11-23(15)13-14-6-9-21-10-7-14/h6-7,9-10,15H,2-5,8,11-13H2,1H3/t15-/m1/s1. The third kappa shape index (κ3) is 5.47. The summed E-state index contributed by atoms with van der Waals surface area (Å²) in [6.07, 6.45) is 0.853. The molecule has 134 valence electrons. The normalized spacial score (nSPS) is 19.2. The molecule has 0 N–H and O–H groups in total. The molecule has 0 aliphatic carbocycles. The maximum Gasteiger partial charge on any atom is 0.390 e. The minimum Gasteiger partial charge on any atom is -0.341 e. The summed E-state index contributed by atoms with van der Waals surface area (Å²) in [4.78, 5) is 20.1. The molecule has 0 saturated carbocycles. The second-order valence-corrected chi connectivity index (χ2v) is 6.12. The fourth-order valence-corrected chi connectivity index (χ4v) is 3.08. The fraction of sp³-hybridized carbons (Fsp3) is 0.647. The summed E-state index contributed by atoms with van der Waals surface area (Å²) >= 11 is 0. The van der Waals surface area contributed by atoms with Crippen LogP contribution in [0.1, 0.15) is 38.2 Å². The highest BCUT2D eigenvalue weighted by Crippen LogP contribution is 2.23. The lowest BCUT2D eigenvalue weighted by molar-refractivity contribution is -0.149. The first-order valence-electron chi connectivity index (χ1n) is 8.39. The Kier molecular flexibility index (Phi) is 6.60. The Bertz CT molecular complexity index is 522. The van der Waals surface area contributed by atoms with Gasteiger partial charge < -0.3 is 4.90 Å². The topological polar surface area (TPSA) is 36.4 Å². The molecular weight excluding hydrogens is 319 g/mol. The van der Waals surface area contributed by atoms with Gasteiger partial charge in [0, 0.05) is 32.0 Å². The van der Waals surface area contributed by atoms with Gasteiger partial charge in [0.25, 0.3) is 0 Å². The summed E-state index contributed by atoms with van der Waals surface area (Å²) in [5, 5.41) is 0. The predicted octanol–water partition coefficient (Wildman–Crippen LogP) is 3.24. The van der Waals surface area contributed by atoms with Crippen LogP contribution in [0.2, 0.25) is 0 Å². The number of carbonyl (C=O) groups excluding carboxylic acids is 1. The largest absolute Gasteiger partial charge is 0.390 e. The number of amides is 1. The van der Waals surface area contributed by atoms with E-state index in [9.17, 15) is 18.0 Å². The molecule has 1 aliphatic heterocycles. The van der Waals surface area contributed by atoms with Crippen LogP contribution in [0, 0.1) is 0 Å². The number of likely N-dealkylation sites (tertiary alicyclic amines) is 1. The SMILES string of the molecule is CCN(CCC(F)(F)F)C(=O)[C@H]1CCCCN1Cc1ccncc1. The minimum atomic E-state index is -4.24. The molecule has 1 aliphatic rings. The van der Waals surface area contributed by atoms with Crippen molar-refractivity contribution in [3.05, 3.63) is 30.1 Å². The smallest absolute Gasteiger partial charge is 0.341 e. The highest BCUT2D eigenvalue weighted by molar-refractivity contribution is 5.82. The summed E-state index contributed by atoms with van der Waals surface area (Å²) in [5.41, 5.74) is 1.06. The Morgan fingerprint density at radius 1 is 1.33 bits per heavy atom. The lowest BCUT2D eigenvalue weighted by Gasteiger charge is -2.37. The van der Waals surface area contributed by atoms with Crippen LogP contribution in [0.25, 0.3) is 0 Å². The fourth-order valence-electron chi connectivity index (χ4n) is 3.08. The van der Waals surface area contributed by atoms with Gasteiger partial charge in [-0.25, -0.2) is 0 Å². The Morgan fingerprint density at radius 2 is 2.04 bits per heavy atom. The van der Waals surface area contributed by atoms with Crippen LogP contribution in [-0.4, -0.2) is 52.5 Å². The first-order valence-corrected chi connectivity index (χ1v) is 8.39. The average molecular weight is 343 g/mol. The number of hydrogen-bond donors (Lipinski definition) is 0. The van der Waals surface area contributed by atoms with Gasteiger partial charge in [0.1, 0.15) is 0 Å². The van der Waals surface area contributed by atoms with Crippen molar-refractivity contribution in [3.8, 4) is 0 Å². The maximum atomic E-state index is 12.8. The van der Waals surface area contributed by atoms with Gasteiger partial charge in [-0.2, -0.15) is 13.2 Å². The van der Waals surface area contributed by atoms with Gasteiger partial charge in [0.2, 0.25) is 5.91 Å². The van der Waals surface area contributed by atoms with Crippen molar-refractivity contribution in [2.45, 2.75) is 51.4 Å². The van der Waals surface area contributed by atoms with Crippen molar-refractivity contribution in [3.63, 3.8) is 0 Å². The van der Waals surface area contributed by atoms with Crippen LogP contribution in [0.3, 0.4) is 0 Å². The molecule has 7 heteroatoms. The average Bonchev–Trinajstić information content (AvgIpc) is 2.55. The molecule has 1 saturated heterocycles. The number of piperidine rings is 1. The number of hydrogen-bond acceptors (Lipinski definition) is 3. The highest BCUT2D eigenvalue weighted by Gasteiger charge is 2.34. The lowest BCUT2D eigenvalue weighted by Crippen LogP contribution is -2.51. The molecule has 0 radical (unpaired) electrons. The number of rotatable bonds is 6. The van der Waals surface area contributed by atoms with Gasteiger partial charge in [0.15, 0.2) is 0 Å². The van der Waals surface area contributed by atoms with Crippen LogP contribution < -0.4 is 0 Å². The van der Waals surface area contributed by atoms with E-state index in [-0.39, 0.29) is 18.5 Å². The zero-order chi connectivity index (χ0) is 17.6. The number of pyridine rings is 1. The summed E-state index contributed by atoms with van der Waals surface area (Å²) in [6.45, 7) is 3.17. The molecule has 24 heavy (non-hydrogen) atoms. The van der Waals surface area contributed by atoms with Gasteiger partial charge in [0.05, 0.1) is 12.5 Å². The molecule has 2 rings (SSSR count). The molecule has 1 amide bonds. The molecule has 1 atom stereocenters. The van der Waals surface area contributed by atoms with Crippen molar-refractivity contribution < 1.29 is 18.0 Å². The van der Waals surface area contributed by atoms with E-state index in [4.69, 9.17) is 0 Å². The van der Waals surface area contributed by atoms with Crippen LogP contribution >= 0.6 is 0 Å². The van der Waals surface area contributed by atoms with Crippen molar-refractivity contribution in [1.82, 2.24) is 14.8 Å². The highest BCUT2D eigenvalue weighted by atomic mass is 19.4. The third-order valence-corrected chi connectivity index (χ3v) is 4.39. The van der Waals surface area contributed by atoms with Crippen LogP contribution in [0.15, 0.2) is 24.5 Å². The van der Waals surface area contributed by atoms with E-state index in [1.165, 1.54) is 4.90 Å². The van der Waals surface area contributed by atoms with E-state index in [2.05, 4.69) is 9.88 Å². The van der Waals surface area contributed by atoms with E-state index >= 15 is 0 Å². The molecule has 0 bridgehead atoms. The molecule has 2 heterocycles. The van der Waals surface area contributed by atoms with E-state index < -0.39 is 12.6 Å². The summed E-state index contributed by atoms with van der Waals surface area (Å²) < 4.78 is 37.4. The van der Waals surface area contributed by atoms with Crippen LogP contribution in [0.5, 0.6) is 0 Å². The summed E-state index contributed by atoms with van der Waals surface area (Å²) in [6, 6.07) is 3.47. The molecule has 1 aromatic heterocycles. The van der Waals surface area contributed by atoms with Crippen molar-refractivity contribution in [2.24, 2.45) is 0 Å². The Balaban J connectivity index is 2.03. The number of alkyl halides is 3. The molecule has 1 fully saturated rings. The second-order valence-electron chi connectivity index (χ2n) is 6.12. The second kappa shape index (κ2) is 8.46. The van der Waals surface area contributed by atoms with E-state index in [1.807, 2.05) is 12.1 Å². The van der Waals surface area contributed by atoms with Crippen molar-refractivity contribution in [1.29, 1.82) is 0 Å². The first-order chi connectivity index (χ1) is 11.4. The third-order valence-electron chi connectivity index (χ3n) is 4.39. The van der Waals surface area contributed by atoms with Crippen LogP contribution in [0.4, 0.5) is 13.2 Å². The van der Waals surface area contributed by atoms with Crippen molar-refractivity contribution >= 4 is 5.91 Å². The van der Waals surface area contributed by atoms with Gasteiger partial charge in [-0.15, -0.1) is 0 Å². The van der Waals surface area contributed by atoms with Gasteiger partial charge in [-0.3, -0.25) is 14.7 Å². The van der Waals surface area contributed by atoms with Crippen molar-refractivity contribution in [2.75, 3.05) is 19.6 Å². The maximum absolute atomic E-state index is 12.8. The zero-order valence-corrected chi connectivity index (χ0v) is 13.9. The lowest BCUT2D eigenvalue weighted by atomic mass is 10.00. The Labute approximate surface area is 140 Å². The molecule has 4 nitrogen and oxygen atoms in total. The molecule has 1 aromatic rings. The van der Waals surface area contributed by atoms with Gasteiger partial charge in [-0.1, -0.05) is 6.42 Å². The Hall–Kier alpha value is -1.63. The van der Waals surface area contributed by atoms with E-state index in [0.29, 0.717) is 19.5 Å². The van der Waals surface area contributed by atoms with Crippen LogP contribution in [-0.2, 0) is 11.3 Å². The number of likely N-dealkylation sites (N-methyl/N-ethyl adjacent to an activating group) is 1. The number of halogens is 3. The number of nitrogens with zero attached hydrogens (tertiary/aromatic N) is 3. The molecule has 0 aromatic carbocycles. The van der Waals surface area contributed by atoms with Gasteiger partial charge in [-0.05, 0) is 44.0 Å². The number of carbonyl (C=O) groups is 1. The molecule has 0 unspecified atom stereocenters. The van der Waals surface area contributed by atoms with E-state index in [1.54, 1.807) is 19.3 Å². The first kappa shape index (κ1) is 18.7. The molecule has 0 spiro atoms. The monoisotopic (exact) mass is 343 g/mol. The predicted molar refractivity (Wildman–Crippen MR) is 85.2 cm³/mol. The minimum absolute atomic E-state index is 0.185. The van der Waals surface area contributed by atoms with Gasteiger partial charge >= 0.3 is 6.18 Å². The number of aromatic nitrogens is 1. The zero-order valence-electron chi connectivity index (χ0n) is 13.9. The summed E-state index contributed by atoms with van der Waals surface area (Å²) in [7, 11) is 0.